The molecule has 1 aromatic rings. The van der Waals surface area contributed by atoms with Gasteiger partial charge in [0.25, 0.3) is 0 Å². The van der Waals surface area contributed by atoms with E-state index in [9.17, 15) is 4.39 Å². The van der Waals surface area contributed by atoms with Gasteiger partial charge in [-0.3, -0.25) is 0 Å². The molecular formula is C8H7Cl2F. The average Bonchev–Trinajstić information content (AvgIpc) is 1.96. The summed E-state index contributed by atoms with van der Waals surface area (Å²) in [5.41, 5.74) is 0.991. The normalized spacial score (nSPS) is 10.2. The van der Waals surface area contributed by atoms with Crippen molar-refractivity contribution >= 4 is 23.2 Å². The van der Waals surface area contributed by atoms with E-state index in [1.807, 2.05) is 0 Å². The molecule has 0 atom stereocenters. The van der Waals surface area contributed by atoms with Crippen LogP contribution in [-0.2, 0) is 5.88 Å². The number of hydrogen-bond acceptors (Lipinski definition) is 0. The molecule has 0 unspecified atom stereocenters. The largest absolute Gasteiger partial charge is 0.206 e. The van der Waals surface area contributed by atoms with E-state index in [0.717, 1.165) is 0 Å². The van der Waals surface area contributed by atoms with Crippen LogP contribution in [0.4, 0.5) is 4.39 Å². The highest BCUT2D eigenvalue weighted by Crippen LogP contribution is 2.20. The lowest BCUT2D eigenvalue weighted by atomic mass is 10.1. The Labute approximate surface area is 74.9 Å². The van der Waals surface area contributed by atoms with Crippen molar-refractivity contribution < 1.29 is 4.39 Å². The highest BCUT2D eigenvalue weighted by atomic mass is 35.5. The third-order valence-electron chi connectivity index (χ3n) is 1.44. The number of alkyl halides is 1. The van der Waals surface area contributed by atoms with E-state index in [0.29, 0.717) is 16.1 Å². The van der Waals surface area contributed by atoms with Crippen molar-refractivity contribution in [2.45, 2.75) is 12.8 Å². The Morgan fingerprint density at radius 2 is 2.09 bits per heavy atom. The first-order chi connectivity index (χ1) is 5.15. The monoisotopic (exact) mass is 192 g/mol. The molecule has 0 radical (unpaired) electrons. The lowest BCUT2D eigenvalue weighted by Crippen LogP contribution is -1.89. The Morgan fingerprint density at radius 1 is 1.45 bits per heavy atom. The number of halogens is 3. The third-order valence-corrected chi connectivity index (χ3v) is 1.94. The van der Waals surface area contributed by atoms with Gasteiger partial charge in [0.2, 0.25) is 0 Å². The van der Waals surface area contributed by atoms with Crippen molar-refractivity contribution in [3.05, 3.63) is 34.1 Å². The third kappa shape index (κ3) is 1.85. The second-order valence-corrected chi connectivity index (χ2v) is 3.03. The van der Waals surface area contributed by atoms with Gasteiger partial charge in [0.15, 0.2) is 0 Å². The summed E-state index contributed by atoms with van der Waals surface area (Å²) >= 11 is 11.2. The van der Waals surface area contributed by atoms with Gasteiger partial charge in [-0.15, -0.1) is 11.6 Å². The van der Waals surface area contributed by atoms with Gasteiger partial charge >= 0.3 is 0 Å². The molecule has 0 aromatic heterocycles. The molecule has 0 spiro atoms. The summed E-state index contributed by atoms with van der Waals surface area (Å²) in [6.45, 7) is 1.66. The van der Waals surface area contributed by atoms with E-state index in [4.69, 9.17) is 23.2 Å². The SMILES string of the molecule is Cc1cc(Cl)cc(CCl)c1F. The van der Waals surface area contributed by atoms with Crippen LogP contribution in [0, 0.1) is 12.7 Å². The van der Waals surface area contributed by atoms with Crippen LogP contribution in [0.2, 0.25) is 5.02 Å². The molecule has 11 heavy (non-hydrogen) atoms. The van der Waals surface area contributed by atoms with Crippen molar-refractivity contribution in [1.82, 2.24) is 0 Å². The van der Waals surface area contributed by atoms with Crippen LogP contribution >= 0.6 is 23.2 Å². The van der Waals surface area contributed by atoms with Crippen LogP contribution in [0.5, 0.6) is 0 Å². The number of benzene rings is 1. The lowest BCUT2D eigenvalue weighted by Gasteiger charge is -2.02. The molecule has 0 saturated carbocycles. The average molecular weight is 193 g/mol. The second-order valence-electron chi connectivity index (χ2n) is 2.33. The summed E-state index contributed by atoms with van der Waals surface area (Å²) in [6.07, 6.45) is 0. The number of hydrogen-bond donors (Lipinski definition) is 0. The summed E-state index contributed by atoms with van der Waals surface area (Å²) in [5.74, 6) is -0.0999. The molecule has 0 fully saturated rings. The zero-order chi connectivity index (χ0) is 8.43. The van der Waals surface area contributed by atoms with Gasteiger partial charge in [0.05, 0.1) is 5.88 Å². The van der Waals surface area contributed by atoms with Crippen molar-refractivity contribution in [3.8, 4) is 0 Å². The van der Waals surface area contributed by atoms with E-state index in [1.54, 1.807) is 13.0 Å². The van der Waals surface area contributed by atoms with Gasteiger partial charge in [-0.1, -0.05) is 11.6 Å². The van der Waals surface area contributed by atoms with Gasteiger partial charge < -0.3 is 0 Å². The fourth-order valence-corrected chi connectivity index (χ4v) is 1.38. The van der Waals surface area contributed by atoms with Crippen LogP contribution in [0.1, 0.15) is 11.1 Å². The van der Waals surface area contributed by atoms with Gasteiger partial charge in [-0.25, -0.2) is 4.39 Å². The van der Waals surface area contributed by atoms with Gasteiger partial charge in [-0.2, -0.15) is 0 Å². The summed E-state index contributed by atoms with van der Waals surface area (Å²) in [4.78, 5) is 0. The highest BCUT2D eigenvalue weighted by Gasteiger charge is 2.04. The number of aryl methyl sites for hydroxylation is 1. The van der Waals surface area contributed by atoms with E-state index >= 15 is 0 Å². The molecule has 3 heteroatoms. The zero-order valence-corrected chi connectivity index (χ0v) is 7.51. The predicted octanol–water partition coefficient (Wildman–Crippen LogP) is 3.53. The molecule has 1 aromatic carbocycles. The van der Waals surface area contributed by atoms with Crippen LogP contribution in [0.25, 0.3) is 0 Å². The van der Waals surface area contributed by atoms with Crippen LogP contribution in [0.3, 0.4) is 0 Å². The van der Waals surface area contributed by atoms with Crippen LogP contribution < -0.4 is 0 Å². The quantitative estimate of drug-likeness (QED) is 0.598. The maximum atomic E-state index is 13.0. The Hall–Kier alpha value is -0.270. The number of rotatable bonds is 1. The van der Waals surface area contributed by atoms with Gasteiger partial charge in [0.1, 0.15) is 5.82 Å². The summed E-state index contributed by atoms with van der Waals surface area (Å²) in [7, 11) is 0. The van der Waals surface area contributed by atoms with Crippen molar-refractivity contribution in [2.24, 2.45) is 0 Å². The fraction of sp³-hybridized carbons (Fsp3) is 0.250. The Kier molecular flexibility index (Phi) is 2.74. The zero-order valence-electron chi connectivity index (χ0n) is 6.00. The maximum Gasteiger partial charge on any atom is 0.130 e. The molecule has 60 valence electrons. The minimum absolute atomic E-state index is 0.160. The molecule has 0 aliphatic carbocycles. The fourth-order valence-electron chi connectivity index (χ4n) is 0.892. The standard InChI is InChI=1S/C8H7Cl2F/c1-5-2-7(10)3-6(4-9)8(5)11/h2-3H,4H2,1H3. The molecule has 0 N–H and O–H groups in total. The first kappa shape index (κ1) is 8.82. The molecule has 0 aliphatic heterocycles. The van der Waals surface area contributed by atoms with Crippen molar-refractivity contribution in [1.29, 1.82) is 0 Å². The molecule has 0 amide bonds. The maximum absolute atomic E-state index is 13.0. The van der Waals surface area contributed by atoms with Crippen molar-refractivity contribution in [3.63, 3.8) is 0 Å². The van der Waals surface area contributed by atoms with Crippen LogP contribution in [0.15, 0.2) is 12.1 Å². The Morgan fingerprint density at radius 3 is 2.64 bits per heavy atom. The minimum Gasteiger partial charge on any atom is -0.206 e. The molecule has 0 saturated heterocycles. The first-order valence-electron chi connectivity index (χ1n) is 3.15. The smallest absolute Gasteiger partial charge is 0.130 e. The topological polar surface area (TPSA) is 0 Å². The predicted molar refractivity (Wildman–Crippen MR) is 45.7 cm³/mol. The summed E-state index contributed by atoms with van der Waals surface area (Å²) < 4.78 is 13.0. The Balaban J connectivity index is 3.24. The molecule has 0 nitrogen and oxygen atoms in total. The van der Waals surface area contributed by atoms with Crippen molar-refractivity contribution in [2.75, 3.05) is 0 Å². The molecule has 0 aliphatic rings. The highest BCUT2D eigenvalue weighted by molar-refractivity contribution is 6.30. The Bertz CT molecular complexity index is 271. The van der Waals surface area contributed by atoms with E-state index < -0.39 is 0 Å². The molecule has 1 rings (SSSR count). The van der Waals surface area contributed by atoms with Gasteiger partial charge in [0, 0.05) is 10.6 Å². The second kappa shape index (κ2) is 3.42. The van der Waals surface area contributed by atoms with Crippen LogP contribution in [-0.4, -0.2) is 0 Å². The van der Waals surface area contributed by atoms with E-state index in [-0.39, 0.29) is 11.7 Å². The molecule has 0 bridgehead atoms. The molecule has 0 heterocycles. The van der Waals surface area contributed by atoms with Gasteiger partial charge in [-0.05, 0) is 24.6 Å². The lowest BCUT2D eigenvalue weighted by molar-refractivity contribution is 0.608. The minimum atomic E-state index is -0.260. The summed E-state index contributed by atoms with van der Waals surface area (Å²) in [5, 5.41) is 0.527. The molecular weight excluding hydrogens is 186 g/mol. The van der Waals surface area contributed by atoms with E-state index in [2.05, 4.69) is 0 Å². The summed E-state index contributed by atoms with van der Waals surface area (Å²) in [6, 6.07) is 3.11. The first-order valence-corrected chi connectivity index (χ1v) is 4.07. The van der Waals surface area contributed by atoms with E-state index in [1.165, 1.54) is 6.07 Å².